The van der Waals surface area contributed by atoms with E-state index in [0.29, 0.717) is 5.52 Å². The topological polar surface area (TPSA) is 112 Å². The van der Waals surface area contributed by atoms with E-state index in [-0.39, 0.29) is 34.2 Å². The number of para-hydroxylation sites is 1. The van der Waals surface area contributed by atoms with Crippen molar-refractivity contribution < 1.29 is 19.5 Å². The van der Waals surface area contributed by atoms with Crippen molar-refractivity contribution in [3.63, 3.8) is 0 Å². The lowest BCUT2D eigenvalue weighted by molar-refractivity contribution is -0.124. The molecule has 0 saturated carbocycles. The van der Waals surface area contributed by atoms with Gasteiger partial charge in [-0.25, -0.2) is 14.8 Å². The molecule has 1 aromatic carbocycles. The van der Waals surface area contributed by atoms with Gasteiger partial charge in [-0.05, 0) is 44.2 Å². The molecular formula is C27H38N4O4S. The van der Waals surface area contributed by atoms with E-state index in [1.807, 2.05) is 30.9 Å². The number of thioether (sulfide) groups is 1. The molecule has 36 heavy (non-hydrogen) atoms. The highest BCUT2D eigenvalue weighted by Gasteiger charge is 2.43. The van der Waals surface area contributed by atoms with E-state index in [9.17, 15) is 19.5 Å². The number of rotatable bonds is 9. The first-order valence-corrected chi connectivity index (χ1v) is 13.5. The van der Waals surface area contributed by atoms with Gasteiger partial charge in [0.15, 0.2) is 5.84 Å². The summed E-state index contributed by atoms with van der Waals surface area (Å²) >= 11 is 1.45. The number of pyridine rings is 1. The molecule has 196 valence electrons. The van der Waals surface area contributed by atoms with E-state index >= 15 is 0 Å². The molecule has 2 aromatic rings. The third-order valence-electron chi connectivity index (χ3n) is 6.01. The number of amidine groups is 1. The third kappa shape index (κ3) is 7.06. The van der Waals surface area contributed by atoms with Crippen molar-refractivity contribution in [1.82, 2.24) is 15.2 Å². The fourth-order valence-corrected chi connectivity index (χ4v) is 4.37. The second-order valence-electron chi connectivity index (χ2n) is 9.20. The SMILES string of the molecule is CC(C)C1(C)N=C(c2nc3ccccc3cc2C(=O)O)NC1=O.CCCSC(=O)N(CCC)CCC. The minimum atomic E-state index is -1.10. The van der Waals surface area contributed by atoms with Gasteiger partial charge in [0.25, 0.3) is 11.1 Å². The van der Waals surface area contributed by atoms with Crippen LogP contribution in [-0.2, 0) is 4.79 Å². The lowest BCUT2D eigenvalue weighted by atomic mass is 9.89. The van der Waals surface area contributed by atoms with Gasteiger partial charge in [0.1, 0.15) is 11.2 Å². The number of aromatic nitrogens is 1. The molecule has 0 aliphatic carbocycles. The van der Waals surface area contributed by atoms with Gasteiger partial charge in [-0.1, -0.05) is 64.6 Å². The smallest absolute Gasteiger partial charge is 0.338 e. The highest BCUT2D eigenvalue weighted by molar-refractivity contribution is 8.13. The molecule has 0 spiro atoms. The number of hydrogen-bond donors (Lipinski definition) is 2. The number of aromatic carboxylic acids is 1. The van der Waals surface area contributed by atoms with Gasteiger partial charge in [0.2, 0.25) is 0 Å². The van der Waals surface area contributed by atoms with Crippen LogP contribution in [0.2, 0.25) is 0 Å². The van der Waals surface area contributed by atoms with Crippen LogP contribution in [0.1, 0.15) is 76.9 Å². The number of amides is 2. The molecule has 2 heterocycles. The lowest BCUT2D eigenvalue weighted by Gasteiger charge is -2.21. The van der Waals surface area contributed by atoms with E-state index in [1.165, 1.54) is 11.8 Å². The molecule has 0 radical (unpaired) electrons. The van der Waals surface area contributed by atoms with Gasteiger partial charge in [0.05, 0.1) is 11.1 Å². The first-order chi connectivity index (χ1) is 17.1. The summed E-state index contributed by atoms with van der Waals surface area (Å²) in [7, 11) is 0. The molecule has 0 saturated heterocycles. The van der Waals surface area contributed by atoms with Crippen molar-refractivity contribution in [3.05, 3.63) is 41.6 Å². The van der Waals surface area contributed by atoms with E-state index < -0.39 is 11.5 Å². The number of nitrogens with zero attached hydrogens (tertiary/aromatic N) is 3. The minimum Gasteiger partial charge on any atom is -0.478 e. The highest BCUT2D eigenvalue weighted by Crippen LogP contribution is 2.28. The van der Waals surface area contributed by atoms with E-state index in [4.69, 9.17) is 0 Å². The monoisotopic (exact) mass is 514 g/mol. The van der Waals surface area contributed by atoms with Crippen LogP contribution in [-0.4, -0.2) is 62.3 Å². The highest BCUT2D eigenvalue weighted by atomic mass is 32.2. The first kappa shape index (κ1) is 29.3. The summed E-state index contributed by atoms with van der Waals surface area (Å²) in [4.78, 5) is 46.2. The molecule has 0 fully saturated rings. The number of carboxylic acids is 1. The molecule has 3 rings (SSSR count). The zero-order chi connectivity index (χ0) is 26.9. The summed E-state index contributed by atoms with van der Waals surface area (Å²) in [6.07, 6.45) is 3.18. The molecule has 1 aromatic heterocycles. The van der Waals surface area contributed by atoms with Crippen molar-refractivity contribution in [3.8, 4) is 0 Å². The second kappa shape index (κ2) is 13.4. The molecule has 2 N–H and O–H groups in total. The maximum absolute atomic E-state index is 12.3. The number of fused-ring (bicyclic) bond motifs is 1. The molecule has 1 aliphatic rings. The summed E-state index contributed by atoms with van der Waals surface area (Å²) < 4.78 is 0. The van der Waals surface area contributed by atoms with Gasteiger partial charge < -0.3 is 15.3 Å². The number of carboxylic acid groups (broad SMARTS) is 1. The predicted octanol–water partition coefficient (Wildman–Crippen LogP) is 5.60. The maximum Gasteiger partial charge on any atom is 0.338 e. The van der Waals surface area contributed by atoms with E-state index in [0.717, 1.165) is 43.5 Å². The number of benzene rings is 1. The van der Waals surface area contributed by atoms with Crippen LogP contribution in [0.4, 0.5) is 4.79 Å². The molecule has 1 atom stereocenters. The predicted molar refractivity (Wildman–Crippen MR) is 147 cm³/mol. The van der Waals surface area contributed by atoms with Gasteiger partial charge in [-0.15, -0.1) is 0 Å². The fourth-order valence-electron chi connectivity index (χ4n) is 3.62. The standard InChI is InChI=1S/C17H17N3O3.C10H21NOS/c1-9(2)17(3)16(23)19-14(20-17)13-11(15(21)22)8-10-6-4-5-7-12(10)18-13;1-4-7-11(8-5-2)10(12)13-9-6-3/h4-9H,1-3H3,(H,21,22)(H,19,20,23);4-9H2,1-3H3. The fraction of sp³-hybridized carbons (Fsp3) is 0.519. The molecule has 1 unspecified atom stereocenters. The van der Waals surface area contributed by atoms with Crippen LogP contribution >= 0.6 is 11.8 Å². The Hall–Kier alpha value is -2.94. The molecular weight excluding hydrogens is 476 g/mol. The quantitative estimate of drug-likeness (QED) is 0.451. The van der Waals surface area contributed by atoms with E-state index in [1.54, 1.807) is 25.1 Å². The summed E-state index contributed by atoms with van der Waals surface area (Å²) in [5.41, 5.74) is -0.0504. The summed E-state index contributed by atoms with van der Waals surface area (Å²) in [5.74, 6) is -0.201. The zero-order valence-corrected chi connectivity index (χ0v) is 22.9. The van der Waals surface area contributed by atoms with Crippen molar-refractivity contribution in [1.29, 1.82) is 0 Å². The Balaban J connectivity index is 0.000000302. The second-order valence-corrected chi connectivity index (χ2v) is 10.2. The number of aliphatic imine (C=N–C) groups is 1. The Labute approximate surface area is 218 Å². The first-order valence-electron chi connectivity index (χ1n) is 12.5. The van der Waals surface area contributed by atoms with Crippen LogP contribution in [0.15, 0.2) is 35.3 Å². The Morgan fingerprint density at radius 3 is 2.28 bits per heavy atom. The average Bonchev–Trinajstić information content (AvgIpc) is 3.17. The molecule has 9 heteroatoms. The van der Waals surface area contributed by atoms with Crippen LogP contribution in [0, 0.1) is 5.92 Å². The van der Waals surface area contributed by atoms with Crippen molar-refractivity contribution in [2.45, 2.75) is 66.3 Å². The molecule has 1 aliphatic heterocycles. The Bertz CT molecular complexity index is 1110. The molecule has 2 amide bonds. The van der Waals surface area contributed by atoms with Gasteiger partial charge in [0, 0.05) is 24.2 Å². The van der Waals surface area contributed by atoms with Gasteiger partial charge >= 0.3 is 5.97 Å². The Morgan fingerprint density at radius 2 is 1.75 bits per heavy atom. The number of carbonyl (C=O) groups excluding carboxylic acids is 2. The van der Waals surface area contributed by atoms with Crippen LogP contribution < -0.4 is 5.32 Å². The number of hydrogen-bond acceptors (Lipinski definition) is 6. The zero-order valence-electron chi connectivity index (χ0n) is 22.1. The average molecular weight is 515 g/mol. The lowest BCUT2D eigenvalue weighted by Crippen LogP contribution is -2.41. The number of carbonyl (C=O) groups is 3. The van der Waals surface area contributed by atoms with Crippen molar-refractivity contribution in [2.24, 2.45) is 10.9 Å². The van der Waals surface area contributed by atoms with E-state index in [2.05, 4.69) is 36.1 Å². The minimum absolute atomic E-state index is 0.0197. The van der Waals surface area contributed by atoms with Crippen molar-refractivity contribution in [2.75, 3.05) is 18.8 Å². The maximum atomic E-state index is 12.3. The number of nitrogens with one attached hydrogen (secondary N) is 1. The van der Waals surface area contributed by atoms with Crippen LogP contribution in [0.25, 0.3) is 10.9 Å². The van der Waals surface area contributed by atoms with Crippen LogP contribution in [0.3, 0.4) is 0 Å². The summed E-state index contributed by atoms with van der Waals surface area (Å²) in [6.45, 7) is 13.7. The summed E-state index contributed by atoms with van der Waals surface area (Å²) in [5, 5.41) is 13.2. The van der Waals surface area contributed by atoms with Crippen molar-refractivity contribution >= 4 is 45.6 Å². The Morgan fingerprint density at radius 1 is 1.11 bits per heavy atom. The summed E-state index contributed by atoms with van der Waals surface area (Å²) in [6, 6.07) is 8.79. The Kier molecular flexibility index (Phi) is 10.9. The normalized spacial score (nSPS) is 16.9. The molecule has 8 nitrogen and oxygen atoms in total. The van der Waals surface area contributed by atoms with Crippen LogP contribution in [0.5, 0.6) is 0 Å². The largest absolute Gasteiger partial charge is 0.478 e. The third-order valence-corrected chi connectivity index (χ3v) is 7.13. The molecule has 0 bridgehead atoms. The van der Waals surface area contributed by atoms with Gasteiger partial charge in [-0.3, -0.25) is 9.59 Å². The van der Waals surface area contributed by atoms with Gasteiger partial charge in [-0.2, -0.15) is 0 Å².